The van der Waals surface area contributed by atoms with Gasteiger partial charge in [0.2, 0.25) is 5.95 Å². The second-order valence-electron chi connectivity index (χ2n) is 6.78. The van der Waals surface area contributed by atoms with Gasteiger partial charge in [-0.15, -0.1) is 0 Å². The van der Waals surface area contributed by atoms with Crippen LogP contribution in [0, 0.1) is 6.92 Å². The molecule has 1 saturated carbocycles. The van der Waals surface area contributed by atoms with E-state index in [0.717, 1.165) is 18.2 Å². The summed E-state index contributed by atoms with van der Waals surface area (Å²) in [7, 11) is 0. The lowest BCUT2D eigenvalue weighted by atomic mass is 9.96. The Kier molecular flexibility index (Phi) is 4.84. The molecule has 1 aliphatic heterocycles. The number of hydrogen-bond donors (Lipinski definition) is 1. The fraction of sp³-hybridized carbons (Fsp3) is 0.824. The van der Waals surface area contributed by atoms with Crippen LogP contribution >= 0.6 is 0 Å². The van der Waals surface area contributed by atoms with Gasteiger partial charge >= 0.3 is 0 Å². The van der Waals surface area contributed by atoms with Crippen molar-refractivity contribution in [2.24, 2.45) is 0 Å². The number of aromatic nitrogens is 2. The first kappa shape index (κ1) is 14.9. The fourth-order valence-corrected chi connectivity index (χ4v) is 3.88. The van der Waals surface area contributed by atoms with E-state index in [0.29, 0.717) is 12.1 Å². The highest BCUT2D eigenvalue weighted by atomic mass is 15.3. The van der Waals surface area contributed by atoms with Crippen molar-refractivity contribution < 1.29 is 0 Å². The number of nitrogens with zero attached hydrogens (tertiary/aromatic N) is 3. The van der Waals surface area contributed by atoms with Crippen LogP contribution in [-0.4, -0.2) is 40.1 Å². The zero-order valence-electron chi connectivity index (χ0n) is 13.6. The van der Waals surface area contributed by atoms with E-state index in [1.54, 1.807) is 0 Å². The largest absolute Gasteiger partial charge is 0.353 e. The lowest BCUT2D eigenvalue weighted by molar-refractivity contribution is 0.186. The molecule has 0 spiro atoms. The second-order valence-corrected chi connectivity index (χ2v) is 6.78. The Balaban J connectivity index is 1.72. The molecule has 1 atom stereocenters. The Morgan fingerprint density at radius 3 is 2.76 bits per heavy atom. The molecule has 2 fully saturated rings. The molecule has 1 N–H and O–H groups in total. The van der Waals surface area contributed by atoms with E-state index in [9.17, 15) is 0 Å². The van der Waals surface area contributed by atoms with Gasteiger partial charge in [-0.05, 0) is 45.7 Å². The summed E-state index contributed by atoms with van der Waals surface area (Å²) in [5, 5.41) is 3.73. The molecule has 1 unspecified atom stereocenters. The number of rotatable bonds is 4. The molecule has 0 amide bonds. The average Bonchev–Trinajstić information content (AvgIpc) is 2.89. The third-order valence-electron chi connectivity index (χ3n) is 5.11. The molecular weight excluding hydrogens is 260 g/mol. The number of nitrogens with one attached hydrogen (secondary N) is 1. The SMILES string of the molecule is CCN1CCCC(n2cc(C)nc2NC2CCCCC2)C1. The summed E-state index contributed by atoms with van der Waals surface area (Å²) in [6.45, 7) is 7.97. The fourth-order valence-electron chi connectivity index (χ4n) is 3.88. The molecule has 4 nitrogen and oxygen atoms in total. The van der Waals surface area contributed by atoms with Crippen LogP contribution in [0.5, 0.6) is 0 Å². The van der Waals surface area contributed by atoms with E-state index < -0.39 is 0 Å². The highest BCUT2D eigenvalue weighted by Crippen LogP contribution is 2.27. The first-order valence-electron chi connectivity index (χ1n) is 8.80. The molecule has 1 saturated heterocycles. The Morgan fingerprint density at radius 1 is 1.19 bits per heavy atom. The van der Waals surface area contributed by atoms with Gasteiger partial charge in [-0.1, -0.05) is 26.2 Å². The molecule has 0 bridgehead atoms. The van der Waals surface area contributed by atoms with Crippen LogP contribution in [0.25, 0.3) is 0 Å². The summed E-state index contributed by atoms with van der Waals surface area (Å²) in [5.41, 5.74) is 1.14. The van der Waals surface area contributed by atoms with Gasteiger partial charge in [0.25, 0.3) is 0 Å². The molecule has 1 aromatic heterocycles. The maximum atomic E-state index is 4.76. The minimum Gasteiger partial charge on any atom is -0.353 e. The number of hydrogen-bond acceptors (Lipinski definition) is 3. The smallest absolute Gasteiger partial charge is 0.203 e. The third kappa shape index (κ3) is 3.60. The van der Waals surface area contributed by atoms with Gasteiger partial charge in [0.05, 0.1) is 5.69 Å². The number of piperidine rings is 1. The van der Waals surface area contributed by atoms with Crippen LogP contribution in [0.3, 0.4) is 0 Å². The standard InChI is InChI=1S/C17H30N4/c1-3-20-11-7-10-16(13-20)21-12-14(2)18-17(21)19-15-8-5-4-6-9-15/h12,15-16H,3-11,13H2,1-2H3,(H,18,19). The average molecular weight is 290 g/mol. The molecule has 1 aliphatic carbocycles. The molecule has 0 radical (unpaired) electrons. The van der Waals surface area contributed by atoms with Gasteiger partial charge in [0.15, 0.2) is 0 Å². The zero-order chi connectivity index (χ0) is 14.7. The second kappa shape index (κ2) is 6.82. The Bertz CT molecular complexity index is 448. The molecule has 4 heteroatoms. The third-order valence-corrected chi connectivity index (χ3v) is 5.11. The van der Waals surface area contributed by atoms with Crippen LogP contribution in [0.15, 0.2) is 6.20 Å². The van der Waals surface area contributed by atoms with Crippen molar-refractivity contribution in [1.29, 1.82) is 0 Å². The van der Waals surface area contributed by atoms with Crippen LogP contribution in [-0.2, 0) is 0 Å². The van der Waals surface area contributed by atoms with E-state index in [-0.39, 0.29) is 0 Å². The topological polar surface area (TPSA) is 33.1 Å². The van der Waals surface area contributed by atoms with Crippen molar-refractivity contribution in [2.45, 2.75) is 70.9 Å². The van der Waals surface area contributed by atoms with E-state index in [1.165, 1.54) is 58.0 Å². The quantitative estimate of drug-likeness (QED) is 0.920. The number of aryl methyl sites for hydroxylation is 1. The maximum absolute atomic E-state index is 4.76. The van der Waals surface area contributed by atoms with Gasteiger partial charge in [-0.3, -0.25) is 0 Å². The monoisotopic (exact) mass is 290 g/mol. The van der Waals surface area contributed by atoms with Gasteiger partial charge in [0, 0.05) is 24.8 Å². The van der Waals surface area contributed by atoms with E-state index in [1.807, 2.05) is 0 Å². The summed E-state index contributed by atoms with van der Waals surface area (Å²) in [5.74, 6) is 1.11. The molecule has 118 valence electrons. The molecule has 2 heterocycles. The predicted octanol–water partition coefficient (Wildman–Crippen LogP) is 3.59. The van der Waals surface area contributed by atoms with Crippen LogP contribution in [0.4, 0.5) is 5.95 Å². The van der Waals surface area contributed by atoms with Crippen LogP contribution in [0.1, 0.15) is 63.6 Å². The molecular formula is C17H30N4. The predicted molar refractivity (Wildman–Crippen MR) is 87.8 cm³/mol. The minimum absolute atomic E-state index is 0.589. The summed E-state index contributed by atoms with van der Waals surface area (Å²) in [4.78, 5) is 7.33. The summed E-state index contributed by atoms with van der Waals surface area (Å²) < 4.78 is 2.42. The van der Waals surface area contributed by atoms with Crippen molar-refractivity contribution in [3.8, 4) is 0 Å². The lowest BCUT2D eigenvalue weighted by Gasteiger charge is -2.34. The van der Waals surface area contributed by atoms with Crippen LogP contribution < -0.4 is 5.32 Å². The number of likely N-dealkylation sites (tertiary alicyclic amines) is 1. The van der Waals surface area contributed by atoms with Crippen molar-refractivity contribution in [2.75, 3.05) is 25.0 Å². The Hall–Kier alpha value is -1.03. The van der Waals surface area contributed by atoms with Crippen LogP contribution in [0.2, 0.25) is 0 Å². The van der Waals surface area contributed by atoms with Crippen molar-refractivity contribution >= 4 is 5.95 Å². The molecule has 3 rings (SSSR count). The molecule has 21 heavy (non-hydrogen) atoms. The van der Waals surface area contributed by atoms with E-state index in [4.69, 9.17) is 4.98 Å². The van der Waals surface area contributed by atoms with Crippen molar-refractivity contribution in [3.05, 3.63) is 11.9 Å². The first-order chi connectivity index (χ1) is 10.3. The maximum Gasteiger partial charge on any atom is 0.203 e. The first-order valence-corrected chi connectivity index (χ1v) is 8.80. The van der Waals surface area contributed by atoms with Crippen molar-refractivity contribution in [3.63, 3.8) is 0 Å². The number of likely N-dealkylation sites (N-methyl/N-ethyl adjacent to an activating group) is 1. The molecule has 1 aromatic rings. The normalized spacial score (nSPS) is 25.1. The van der Waals surface area contributed by atoms with Gasteiger partial charge < -0.3 is 14.8 Å². The van der Waals surface area contributed by atoms with Gasteiger partial charge in [-0.2, -0.15) is 0 Å². The summed E-state index contributed by atoms with van der Waals surface area (Å²) in [6, 6.07) is 1.22. The van der Waals surface area contributed by atoms with Crippen molar-refractivity contribution in [1.82, 2.24) is 14.5 Å². The highest BCUT2D eigenvalue weighted by molar-refractivity contribution is 5.31. The lowest BCUT2D eigenvalue weighted by Crippen LogP contribution is -2.37. The molecule has 0 aromatic carbocycles. The minimum atomic E-state index is 0.589. The number of imidazole rings is 1. The number of anilines is 1. The van der Waals surface area contributed by atoms with E-state index in [2.05, 4.69) is 34.8 Å². The Labute approximate surface area is 128 Å². The summed E-state index contributed by atoms with van der Waals surface area (Å²) >= 11 is 0. The Morgan fingerprint density at radius 2 is 2.00 bits per heavy atom. The zero-order valence-corrected chi connectivity index (χ0v) is 13.6. The van der Waals surface area contributed by atoms with Gasteiger partial charge in [0.1, 0.15) is 0 Å². The molecule has 2 aliphatic rings. The summed E-state index contributed by atoms with van der Waals surface area (Å²) in [6.07, 6.45) is 11.6. The van der Waals surface area contributed by atoms with Gasteiger partial charge in [-0.25, -0.2) is 4.98 Å². The highest BCUT2D eigenvalue weighted by Gasteiger charge is 2.24. The van der Waals surface area contributed by atoms with E-state index >= 15 is 0 Å².